The molecule has 2 rings (SSSR count). The van der Waals surface area contributed by atoms with Crippen molar-refractivity contribution in [3.8, 4) is 5.88 Å². The molecular formula is C12H16N4OS. The number of anilines is 1. The Bertz CT molecular complexity index is 487. The standard InChI is InChI=1S/C12H16N4OS/c1-3-17-12-9(2)11(14-7-15-12)13-5-4-10-6-18-8-16-10/h6-8H,3-5H2,1-2H3,(H,13,14,15). The van der Waals surface area contributed by atoms with Gasteiger partial charge in [-0.25, -0.2) is 15.0 Å². The third-order valence-electron chi connectivity index (χ3n) is 2.48. The maximum absolute atomic E-state index is 5.43. The smallest absolute Gasteiger partial charge is 0.221 e. The maximum Gasteiger partial charge on any atom is 0.221 e. The van der Waals surface area contributed by atoms with Gasteiger partial charge in [-0.05, 0) is 13.8 Å². The van der Waals surface area contributed by atoms with E-state index in [9.17, 15) is 0 Å². The molecule has 0 aliphatic rings. The molecule has 96 valence electrons. The van der Waals surface area contributed by atoms with Gasteiger partial charge < -0.3 is 10.1 Å². The van der Waals surface area contributed by atoms with Crippen molar-refractivity contribution in [1.29, 1.82) is 0 Å². The number of nitrogens with zero attached hydrogens (tertiary/aromatic N) is 3. The van der Waals surface area contributed by atoms with Crippen molar-refractivity contribution < 1.29 is 4.74 Å². The molecule has 2 aromatic heterocycles. The second-order valence-electron chi connectivity index (χ2n) is 3.74. The summed E-state index contributed by atoms with van der Waals surface area (Å²) in [6.45, 7) is 5.30. The number of hydrogen-bond acceptors (Lipinski definition) is 6. The second kappa shape index (κ2) is 6.30. The van der Waals surface area contributed by atoms with Crippen LogP contribution in [0.1, 0.15) is 18.2 Å². The molecule has 0 radical (unpaired) electrons. The lowest BCUT2D eigenvalue weighted by atomic mass is 10.3. The quantitative estimate of drug-likeness (QED) is 0.867. The van der Waals surface area contributed by atoms with E-state index in [0.717, 1.165) is 30.0 Å². The topological polar surface area (TPSA) is 59.9 Å². The Hall–Kier alpha value is -1.69. The minimum Gasteiger partial charge on any atom is -0.478 e. The van der Waals surface area contributed by atoms with Gasteiger partial charge in [-0.3, -0.25) is 0 Å². The molecule has 5 nitrogen and oxygen atoms in total. The minimum absolute atomic E-state index is 0.607. The molecule has 0 atom stereocenters. The Labute approximate surface area is 110 Å². The zero-order valence-corrected chi connectivity index (χ0v) is 11.3. The molecule has 0 spiro atoms. The van der Waals surface area contributed by atoms with Crippen LogP contribution in [0.3, 0.4) is 0 Å². The first-order chi connectivity index (χ1) is 8.81. The summed E-state index contributed by atoms with van der Waals surface area (Å²) in [5.41, 5.74) is 3.89. The molecule has 18 heavy (non-hydrogen) atoms. The van der Waals surface area contributed by atoms with E-state index in [2.05, 4.69) is 25.6 Å². The lowest BCUT2D eigenvalue weighted by molar-refractivity contribution is 0.324. The number of thiazole rings is 1. The zero-order valence-electron chi connectivity index (χ0n) is 10.5. The second-order valence-corrected chi connectivity index (χ2v) is 4.46. The van der Waals surface area contributed by atoms with Gasteiger partial charge in [0.15, 0.2) is 0 Å². The van der Waals surface area contributed by atoms with Crippen LogP contribution in [0.4, 0.5) is 5.82 Å². The van der Waals surface area contributed by atoms with Gasteiger partial charge >= 0.3 is 0 Å². The molecule has 0 bridgehead atoms. The molecule has 0 fully saturated rings. The highest BCUT2D eigenvalue weighted by molar-refractivity contribution is 7.07. The lowest BCUT2D eigenvalue weighted by Gasteiger charge is -2.10. The van der Waals surface area contributed by atoms with Crippen LogP contribution in [0.15, 0.2) is 17.2 Å². The Kier molecular flexibility index (Phi) is 4.46. The summed E-state index contributed by atoms with van der Waals surface area (Å²) in [7, 11) is 0. The Morgan fingerprint density at radius 1 is 1.33 bits per heavy atom. The Morgan fingerprint density at radius 2 is 2.22 bits per heavy atom. The van der Waals surface area contributed by atoms with E-state index >= 15 is 0 Å². The van der Waals surface area contributed by atoms with Gasteiger partial charge in [-0.1, -0.05) is 0 Å². The number of rotatable bonds is 6. The van der Waals surface area contributed by atoms with Crippen molar-refractivity contribution in [2.75, 3.05) is 18.5 Å². The fourth-order valence-corrected chi connectivity index (χ4v) is 2.16. The lowest BCUT2D eigenvalue weighted by Crippen LogP contribution is -2.09. The van der Waals surface area contributed by atoms with Gasteiger partial charge in [0.1, 0.15) is 12.1 Å². The van der Waals surface area contributed by atoms with Gasteiger partial charge in [0.2, 0.25) is 5.88 Å². The van der Waals surface area contributed by atoms with Crippen LogP contribution in [0.5, 0.6) is 5.88 Å². The molecule has 0 aromatic carbocycles. The third-order valence-corrected chi connectivity index (χ3v) is 3.11. The van der Waals surface area contributed by atoms with Gasteiger partial charge in [-0.15, -0.1) is 11.3 Å². The summed E-state index contributed by atoms with van der Waals surface area (Å²) in [5, 5.41) is 5.34. The fourth-order valence-electron chi connectivity index (χ4n) is 1.56. The van der Waals surface area contributed by atoms with Crippen LogP contribution in [-0.4, -0.2) is 28.1 Å². The fraction of sp³-hybridized carbons (Fsp3) is 0.417. The predicted molar refractivity (Wildman–Crippen MR) is 72.2 cm³/mol. The molecule has 0 aliphatic heterocycles. The van der Waals surface area contributed by atoms with Crippen LogP contribution in [0.2, 0.25) is 0 Å². The van der Waals surface area contributed by atoms with E-state index in [-0.39, 0.29) is 0 Å². The number of nitrogens with one attached hydrogen (secondary N) is 1. The molecule has 0 saturated carbocycles. The SMILES string of the molecule is CCOc1ncnc(NCCc2cscn2)c1C. The average Bonchev–Trinajstić information content (AvgIpc) is 2.87. The van der Waals surface area contributed by atoms with Crippen molar-refractivity contribution in [3.63, 3.8) is 0 Å². The Morgan fingerprint density at radius 3 is 2.94 bits per heavy atom. The van der Waals surface area contributed by atoms with Crippen LogP contribution >= 0.6 is 11.3 Å². The average molecular weight is 264 g/mol. The molecule has 0 unspecified atom stereocenters. The third kappa shape index (κ3) is 3.16. The highest BCUT2D eigenvalue weighted by atomic mass is 32.1. The first-order valence-electron chi connectivity index (χ1n) is 5.86. The molecule has 0 saturated heterocycles. The highest BCUT2D eigenvalue weighted by Gasteiger charge is 2.07. The van der Waals surface area contributed by atoms with Gasteiger partial charge in [0.25, 0.3) is 0 Å². The Balaban J connectivity index is 1.94. The summed E-state index contributed by atoms with van der Waals surface area (Å²) in [5.74, 6) is 1.47. The molecule has 6 heteroatoms. The van der Waals surface area contributed by atoms with E-state index in [1.165, 1.54) is 6.33 Å². The molecule has 0 aliphatic carbocycles. The van der Waals surface area contributed by atoms with Crippen molar-refractivity contribution in [2.45, 2.75) is 20.3 Å². The number of hydrogen-bond donors (Lipinski definition) is 1. The molecule has 2 aromatic rings. The number of aromatic nitrogens is 3. The number of ether oxygens (including phenoxy) is 1. The van der Waals surface area contributed by atoms with Crippen LogP contribution < -0.4 is 10.1 Å². The van der Waals surface area contributed by atoms with Crippen LogP contribution in [0.25, 0.3) is 0 Å². The molecule has 1 N–H and O–H groups in total. The highest BCUT2D eigenvalue weighted by Crippen LogP contribution is 2.20. The van der Waals surface area contributed by atoms with E-state index < -0.39 is 0 Å². The summed E-state index contributed by atoms with van der Waals surface area (Å²) in [6.07, 6.45) is 2.40. The summed E-state index contributed by atoms with van der Waals surface area (Å²) >= 11 is 1.61. The van der Waals surface area contributed by atoms with Gasteiger partial charge in [0.05, 0.1) is 23.4 Å². The van der Waals surface area contributed by atoms with Crippen LogP contribution in [0, 0.1) is 6.92 Å². The van der Waals surface area contributed by atoms with Crippen molar-refractivity contribution in [3.05, 3.63) is 28.5 Å². The van der Waals surface area contributed by atoms with Gasteiger partial charge in [-0.2, -0.15) is 0 Å². The summed E-state index contributed by atoms with van der Waals surface area (Å²) in [6, 6.07) is 0. The predicted octanol–water partition coefficient (Wildman–Crippen LogP) is 2.29. The zero-order chi connectivity index (χ0) is 12.8. The van der Waals surface area contributed by atoms with Crippen molar-refractivity contribution in [1.82, 2.24) is 15.0 Å². The van der Waals surface area contributed by atoms with E-state index in [4.69, 9.17) is 4.74 Å². The van der Waals surface area contributed by atoms with E-state index in [1.807, 2.05) is 19.4 Å². The summed E-state index contributed by atoms with van der Waals surface area (Å²) < 4.78 is 5.43. The van der Waals surface area contributed by atoms with Crippen molar-refractivity contribution >= 4 is 17.2 Å². The largest absolute Gasteiger partial charge is 0.478 e. The van der Waals surface area contributed by atoms with Crippen LogP contribution in [-0.2, 0) is 6.42 Å². The van der Waals surface area contributed by atoms with Crippen molar-refractivity contribution in [2.24, 2.45) is 0 Å². The molecule has 0 amide bonds. The molecular weight excluding hydrogens is 248 g/mol. The van der Waals surface area contributed by atoms with E-state index in [1.54, 1.807) is 11.3 Å². The summed E-state index contributed by atoms with van der Waals surface area (Å²) in [4.78, 5) is 12.6. The minimum atomic E-state index is 0.607. The van der Waals surface area contributed by atoms with E-state index in [0.29, 0.717) is 12.5 Å². The molecule has 2 heterocycles. The first kappa shape index (κ1) is 12.8. The monoisotopic (exact) mass is 264 g/mol. The maximum atomic E-state index is 5.43. The normalized spacial score (nSPS) is 10.3. The first-order valence-corrected chi connectivity index (χ1v) is 6.81. The van der Waals surface area contributed by atoms with Gasteiger partial charge in [0, 0.05) is 18.3 Å².